The molecule has 6 nitrogen and oxygen atoms in total. The van der Waals surface area contributed by atoms with Gasteiger partial charge in [0.2, 0.25) is 0 Å². The first-order chi connectivity index (χ1) is 8.91. The molecule has 0 bridgehead atoms. The summed E-state index contributed by atoms with van der Waals surface area (Å²) in [5, 5.41) is 27.7. The first kappa shape index (κ1) is 13.5. The summed E-state index contributed by atoms with van der Waals surface area (Å²) >= 11 is 1.37. The Morgan fingerprint density at radius 2 is 2.05 bits per heavy atom. The monoisotopic (exact) mass is 283 g/mol. The van der Waals surface area contributed by atoms with Gasteiger partial charge >= 0.3 is 5.97 Å². The third-order valence-electron chi connectivity index (χ3n) is 2.95. The third kappa shape index (κ3) is 2.46. The lowest BCUT2D eigenvalue weighted by atomic mass is 10.1. The lowest BCUT2D eigenvalue weighted by Gasteiger charge is -2.25. The Morgan fingerprint density at radius 1 is 1.37 bits per heavy atom. The molecule has 7 heteroatoms. The number of carboxylic acids is 1. The number of hydrogen-bond acceptors (Lipinski definition) is 5. The van der Waals surface area contributed by atoms with Crippen LogP contribution in [0.1, 0.15) is 17.3 Å². The van der Waals surface area contributed by atoms with Crippen molar-refractivity contribution in [2.24, 2.45) is 0 Å². The smallest absolute Gasteiger partial charge is 0.327 e. The van der Waals surface area contributed by atoms with Crippen LogP contribution in [0.4, 0.5) is 0 Å². The average Bonchev–Trinajstić information content (AvgIpc) is 2.70. The van der Waals surface area contributed by atoms with Gasteiger partial charge in [0.25, 0.3) is 5.91 Å². The van der Waals surface area contributed by atoms with Gasteiger partial charge in [0.05, 0.1) is 10.9 Å². The second-order valence-electron chi connectivity index (χ2n) is 4.20. The summed E-state index contributed by atoms with van der Waals surface area (Å²) in [4.78, 5) is 24.7. The highest BCUT2D eigenvalue weighted by Gasteiger charge is 2.40. The van der Waals surface area contributed by atoms with Gasteiger partial charge in [-0.15, -0.1) is 11.8 Å². The lowest BCUT2D eigenvalue weighted by molar-refractivity contribution is -0.141. The zero-order valence-corrected chi connectivity index (χ0v) is 10.9. The van der Waals surface area contributed by atoms with Gasteiger partial charge in [0.15, 0.2) is 0 Å². The molecule has 102 valence electrons. The SMILES string of the molecule is CC1SCC(C(=O)O)N1C(=O)c1ccc(O)cc1O. The molecule has 1 aliphatic rings. The number of amides is 1. The molecule has 2 rings (SSSR count). The number of thioether (sulfide) groups is 1. The van der Waals surface area contributed by atoms with E-state index in [1.165, 1.54) is 28.8 Å². The molecule has 1 saturated heterocycles. The van der Waals surface area contributed by atoms with Crippen LogP contribution in [-0.4, -0.2) is 49.3 Å². The van der Waals surface area contributed by atoms with Gasteiger partial charge in [0.1, 0.15) is 17.5 Å². The van der Waals surface area contributed by atoms with Crippen molar-refractivity contribution < 1.29 is 24.9 Å². The zero-order valence-electron chi connectivity index (χ0n) is 10.1. The summed E-state index contributed by atoms with van der Waals surface area (Å²) in [7, 11) is 0. The zero-order chi connectivity index (χ0) is 14.2. The predicted molar refractivity (Wildman–Crippen MR) is 69.3 cm³/mol. The van der Waals surface area contributed by atoms with E-state index in [1.807, 2.05) is 0 Å². The second-order valence-corrected chi connectivity index (χ2v) is 5.55. The number of carbonyl (C=O) groups excluding carboxylic acids is 1. The maximum Gasteiger partial charge on any atom is 0.327 e. The summed E-state index contributed by atoms with van der Waals surface area (Å²) in [5.41, 5.74) is -0.0154. The number of hydrogen-bond donors (Lipinski definition) is 3. The Labute approximate surface area is 113 Å². The fraction of sp³-hybridized carbons (Fsp3) is 0.333. The molecule has 2 unspecified atom stereocenters. The summed E-state index contributed by atoms with van der Waals surface area (Å²) < 4.78 is 0. The molecule has 1 heterocycles. The molecule has 1 aliphatic heterocycles. The number of phenols is 2. The number of benzene rings is 1. The molecule has 1 aromatic carbocycles. The van der Waals surface area contributed by atoms with Gasteiger partial charge in [-0.2, -0.15) is 0 Å². The van der Waals surface area contributed by atoms with Crippen molar-refractivity contribution in [3.63, 3.8) is 0 Å². The maximum atomic E-state index is 12.3. The molecule has 0 aliphatic carbocycles. The van der Waals surface area contributed by atoms with E-state index in [0.29, 0.717) is 5.75 Å². The van der Waals surface area contributed by atoms with Crippen LogP contribution in [0, 0.1) is 0 Å². The van der Waals surface area contributed by atoms with Crippen LogP contribution in [0.3, 0.4) is 0 Å². The van der Waals surface area contributed by atoms with Crippen LogP contribution in [0.2, 0.25) is 0 Å². The standard InChI is InChI=1S/C12H13NO5S/c1-6-13(9(5-19-6)12(17)18)11(16)8-3-2-7(14)4-10(8)15/h2-4,6,9,14-15H,5H2,1H3,(H,17,18). The van der Waals surface area contributed by atoms with Crippen molar-refractivity contribution in [2.75, 3.05) is 5.75 Å². The van der Waals surface area contributed by atoms with Crippen LogP contribution < -0.4 is 0 Å². The molecule has 1 aromatic rings. The van der Waals surface area contributed by atoms with Gasteiger partial charge < -0.3 is 20.2 Å². The fourth-order valence-electron chi connectivity index (χ4n) is 1.98. The Balaban J connectivity index is 2.34. The summed E-state index contributed by atoms with van der Waals surface area (Å²) in [6.07, 6.45) is 0. The second kappa shape index (κ2) is 5.00. The molecular weight excluding hydrogens is 270 g/mol. The van der Waals surface area contributed by atoms with Gasteiger partial charge in [-0.3, -0.25) is 4.79 Å². The van der Waals surface area contributed by atoms with Crippen LogP contribution in [0.15, 0.2) is 18.2 Å². The molecule has 19 heavy (non-hydrogen) atoms. The van der Waals surface area contributed by atoms with Crippen molar-refractivity contribution in [2.45, 2.75) is 18.3 Å². The van der Waals surface area contributed by atoms with E-state index in [1.54, 1.807) is 6.92 Å². The lowest BCUT2D eigenvalue weighted by Crippen LogP contribution is -2.44. The quantitative estimate of drug-likeness (QED) is 0.751. The highest BCUT2D eigenvalue weighted by Crippen LogP contribution is 2.32. The Morgan fingerprint density at radius 3 is 2.63 bits per heavy atom. The van der Waals surface area contributed by atoms with Gasteiger partial charge in [-0.05, 0) is 19.1 Å². The molecule has 0 aromatic heterocycles. The fourth-order valence-corrected chi connectivity index (χ4v) is 3.15. The summed E-state index contributed by atoms with van der Waals surface area (Å²) in [5.74, 6) is -1.82. The third-order valence-corrected chi connectivity index (χ3v) is 4.17. The van der Waals surface area contributed by atoms with Gasteiger partial charge in [-0.25, -0.2) is 4.79 Å². The van der Waals surface area contributed by atoms with Crippen LogP contribution in [0.25, 0.3) is 0 Å². The van der Waals surface area contributed by atoms with E-state index < -0.39 is 17.9 Å². The molecular formula is C12H13NO5S. The van der Waals surface area contributed by atoms with E-state index in [2.05, 4.69) is 0 Å². The minimum Gasteiger partial charge on any atom is -0.508 e. The molecule has 0 saturated carbocycles. The minimum absolute atomic E-state index is 0.0154. The molecule has 3 N–H and O–H groups in total. The van der Waals surface area contributed by atoms with Crippen LogP contribution >= 0.6 is 11.8 Å². The number of rotatable bonds is 2. The van der Waals surface area contributed by atoms with Crippen molar-refractivity contribution in [3.8, 4) is 11.5 Å². The highest BCUT2D eigenvalue weighted by atomic mass is 32.2. The van der Waals surface area contributed by atoms with Crippen molar-refractivity contribution in [3.05, 3.63) is 23.8 Å². The normalized spacial score (nSPS) is 22.5. The van der Waals surface area contributed by atoms with E-state index >= 15 is 0 Å². The van der Waals surface area contributed by atoms with E-state index in [0.717, 1.165) is 6.07 Å². The predicted octanol–water partition coefficient (Wildman–Crippen LogP) is 1.09. The summed E-state index contributed by atoms with van der Waals surface area (Å²) in [6.45, 7) is 1.74. The average molecular weight is 283 g/mol. The number of nitrogens with zero attached hydrogens (tertiary/aromatic N) is 1. The maximum absolute atomic E-state index is 12.3. The number of aromatic hydroxyl groups is 2. The highest BCUT2D eigenvalue weighted by molar-refractivity contribution is 8.00. The van der Waals surface area contributed by atoms with E-state index in [4.69, 9.17) is 5.11 Å². The van der Waals surface area contributed by atoms with Crippen molar-refractivity contribution in [1.82, 2.24) is 4.90 Å². The van der Waals surface area contributed by atoms with E-state index in [-0.39, 0.29) is 22.4 Å². The Kier molecular flexibility index (Phi) is 3.57. The minimum atomic E-state index is -1.07. The molecule has 1 amide bonds. The van der Waals surface area contributed by atoms with Crippen molar-refractivity contribution in [1.29, 1.82) is 0 Å². The molecule has 0 spiro atoms. The summed E-state index contributed by atoms with van der Waals surface area (Å²) in [6, 6.07) is 2.70. The van der Waals surface area contributed by atoms with Crippen LogP contribution in [0.5, 0.6) is 11.5 Å². The van der Waals surface area contributed by atoms with Crippen molar-refractivity contribution >= 4 is 23.6 Å². The number of aliphatic carboxylic acids is 1. The first-order valence-electron chi connectivity index (χ1n) is 5.61. The molecule has 0 radical (unpaired) electrons. The van der Waals surface area contributed by atoms with Gasteiger partial charge in [-0.1, -0.05) is 0 Å². The molecule has 2 atom stereocenters. The first-order valence-corrected chi connectivity index (χ1v) is 6.65. The van der Waals surface area contributed by atoms with Crippen LogP contribution in [-0.2, 0) is 4.79 Å². The Bertz CT molecular complexity index is 533. The van der Waals surface area contributed by atoms with Gasteiger partial charge in [0, 0.05) is 11.8 Å². The number of carbonyl (C=O) groups is 2. The number of phenolic OH excluding ortho intramolecular Hbond substituents is 2. The number of carboxylic acid groups (broad SMARTS) is 1. The molecule has 1 fully saturated rings. The Hall–Kier alpha value is -1.89. The van der Waals surface area contributed by atoms with E-state index in [9.17, 15) is 19.8 Å². The topological polar surface area (TPSA) is 98.1 Å². The largest absolute Gasteiger partial charge is 0.508 e.